The predicted molar refractivity (Wildman–Crippen MR) is 133 cm³/mol. The first-order chi connectivity index (χ1) is 16.1. The maximum Gasteiger partial charge on any atom is 0.339 e. The molecule has 0 saturated carbocycles. The Bertz CT molecular complexity index is 1310. The highest BCUT2D eigenvalue weighted by Gasteiger charge is 2.28. The number of esters is 1. The minimum Gasteiger partial charge on any atom is -0.462 e. The molecule has 0 spiro atoms. The van der Waals surface area contributed by atoms with Gasteiger partial charge in [0.25, 0.3) is 10.0 Å². The summed E-state index contributed by atoms with van der Waals surface area (Å²) in [5.74, 6) is -1.26. The molecular formula is C24H22Cl2N2O5S. The Morgan fingerprint density at radius 1 is 1.00 bits per heavy atom. The lowest BCUT2D eigenvalue weighted by Gasteiger charge is -2.26. The minimum absolute atomic E-state index is 0.0262. The highest BCUT2D eigenvalue weighted by Crippen LogP contribution is 2.30. The minimum atomic E-state index is -4.10. The van der Waals surface area contributed by atoms with Gasteiger partial charge in [-0.3, -0.25) is 9.10 Å². The number of hydrogen-bond acceptors (Lipinski definition) is 5. The summed E-state index contributed by atoms with van der Waals surface area (Å²) in [4.78, 5) is 25.1. The van der Waals surface area contributed by atoms with E-state index in [0.717, 1.165) is 4.31 Å². The van der Waals surface area contributed by atoms with Crippen LogP contribution < -0.4 is 9.62 Å². The molecule has 0 radical (unpaired) electrons. The largest absolute Gasteiger partial charge is 0.462 e. The van der Waals surface area contributed by atoms with E-state index in [1.807, 2.05) is 0 Å². The molecule has 1 N–H and O–H groups in total. The molecule has 3 aromatic carbocycles. The summed E-state index contributed by atoms with van der Waals surface area (Å²) in [5.41, 5.74) is 1.24. The molecule has 0 aromatic heterocycles. The maximum atomic E-state index is 13.5. The molecule has 10 heteroatoms. The van der Waals surface area contributed by atoms with Gasteiger partial charge in [0.05, 0.1) is 27.8 Å². The fourth-order valence-corrected chi connectivity index (χ4v) is 5.03. The third-order valence-corrected chi connectivity index (χ3v) is 7.14. The number of aryl methyl sites for hydroxylation is 1. The molecule has 0 unspecified atom stereocenters. The van der Waals surface area contributed by atoms with Gasteiger partial charge >= 0.3 is 5.97 Å². The fourth-order valence-electron chi connectivity index (χ4n) is 3.17. The summed E-state index contributed by atoms with van der Waals surface area (Å²) in [5, 5.41) is 3.11. The van der Waals surface area contributed by atoms with Crippen molar-refractivity contribution >= 4 is 56.5 Å². The second-order valence-electron chi connectivity index (χ2n) is 7.22. The van der Waals surface area contributed by atoms with Gasteiger partial charge in [0.15, 0.2) is 0 Å². The number of rotatable bonds is 8. The van der Waals surface area contributed by atoms with Crippen LogP contribution in [0.5, 0.6) is 0 Å². The normalized spacial score (nSPS) is 11.1. The Morgan fingerprint density at radius 2 is 1.71 bits per heavy atom. The van der Waals surface area contributed by atoms with Crippen molar-refractivity contribution in [1.82, 2.24) is 0 Å². The van der Waals surface area contributed by atoms with Gasteiger partial charge in [-0.05, 0) is 61.9 Å². The van der Waals surface area contributed by atoms with Crippen molar-refractivity contribution in [3.63, 3.8) is 0 Å². The van der Waals surface area contributed by atoms with Crippen LogP contribution in [-0.2, 0) is 19.6 Å². The molecule has 34 heavy (non-hydrogen) atoms. The van der Waals surface area contributed by atoms with Crippen LogP contribution in [-0.4, -0.2) is 33.4 Å². The van der Waals surface area contributed by atoms with Crippen molar-refractivity contribution in [2.45, 2.75) is 18.7 Å². The summed E-state index contributed by atoms with van der Waals surface area (Å²) in [6.45, 7) is 3.02. The van der Waals surface area contributed by atoms with Gasteiger partial charge in [0, 0.05) is 10.7 Å². The van der Waals surface area contributed by atoms with E-state index in [9.17, 15) is 18.0 Å². The van der Waals surface area contributed by atoms with Crippen LogP contribution in [0.15, 0.2) is 71.6 Å². The standard InChI is InChI=1S/C24H22Cl2N2O5S/c1-3-33-24(30)20-14-18(11-12-21(20)26)27-23(29)15-28(22-13-17(25)10-9-16(22)2)34(31,32)19-7-5-4-6-8-19/h4-14H,3,15H2,1-2H3,(H,27,29). The Kier molecular flexibility index (Phi) is 8.19. The lowest BCUT2D eigenvalue weighted by Crippen LogP contribution is -2.38. The van der Waals surface area contributed by atoms with Crippen LogP contribution in [0, 0.1) is 6.92 Å². The topological polar surface area (TPSA) is 92.8 Å². The van der Waals surface area contributed by atoms with Crippen molar-refractivity contribution in [3.05, 3.63) is 87.9 Å². The molecule has 7 nitrogen and oxygen atoms in total. The van der Waals surface area contributed by atoms with Crippen LogP contribution in [0.2, 0.25) is 10.0 Å². The quantitative estimate of drug-likeness (QED) is 0.406. The summed E-state index contributed by atoms with van der Waals surface area (Å²) >= 11 is 12.2. The zero-order valence-electron chi connectivity index (χ0n) is 18.4. The Morgan fingerprint density at radius 3 is 2.38 bits per heavy atom. The van der Waals surface area contributed by atoms with Gasteiger partial charge in [-0.25, -0.2) is 13.2 Å². The molecule has 0 heterocycles. The van der Waals surface area contributed by atoms with Crippen molar-refractivity contribution in [3.8, 4) is 0 Å². The zero-order chi connectivity index (χ0) is 24.9. The van der Waals surface area contributed by atoms with Crippen molar-refractivity contribution in [1.29, 1.82) is 0 Å². The number of nitrogens with one attached hydrogen (secondary N) is 1. The molecule has 0 aliphatic rings. The molecule has 3 rings (SSSR count). The third kappa shape index (κ3) is 5.88. The SMILES string of the molecule is CCOC(=O)c1cc(NC(=O)CN(c2cc(Cl)ccc2C)S(=O)(=O)c2ccccc2)ccc1Cl. The van der Waals surface area contributed by atoms with Crippen LogP contribution in [0.1, 0.15) is 22.8 Å². The molecule has 3 aromatic rings. The van der Waals surface area contributed by atoms with Gasteiger partial charge in [-0.2, -0.15) is 0 Å². The second kappa shape index (κ2) is 10.9. The summed E-state index contributed by atoms with van der Waals surface area (Å²) in [6, 6.07) is 16.9. The van der Waals surface area contributed by atoms with E-state index in [4.69, 9.17) is 27.9 Å². The third-order valence-electron chi connectivity index (χ3n) is 4.80. The van der Waals surface area contributed by atoms with E-state index in [1.54, 1.807) is 44.2 Å². The first-order valence-electron chi connectivity index (χ1n) is 10.2. The van der Waals surface area contributed by atoms with E-state index in [0.29, 0.717) is 10.6 Å². The number of benzene rings is 3. The van der Waals surface area contributed by atoms with E-state index >= 15 is 0 Å². The van der Waals surface area contributed by atoms with Crippen LogP contribution >= 0.6 is 23.2 Å². The molecule has 0 aliphatic carbocycles. The average molecular weight is 521 g/mol. The zero-order valence-corrected chi connectivity index (χ0v) is 20.7. The molecule has 178 valence electrons. The van der Waals surface area contributed by atoms with E-state index < -0.39 is 28.4 Å². The first-order valence-corrected chi connectivity index (χ1v) is 12.4. The molecular weight excluding hydrogens is 499 g/mol. The average Bonchev–Trinajstić information content (AvgIpc) is 2.81. The monoisotopic (exact) mass is 520 g/mol. The van der Waals surface area contributed by atoms with E-state index in [1.165, 1.54) is 36.4 Å². The Hall–Kier alpha value is -3.07. The number of hydrogen-bond donors (Lipinski definition) is 1. The highest BCUT2D eigenvalue weighted by atomic mass is 35.5. The Labute approximate surface area is 208 Å². The molecule has 0 bridgehead atoms. The highest BCUT2D eigenvalue weighted by molar-refractivity contribution is 7.92. The molecule has 0 aliphatic heterocycles. The molecule has 1 amide bonds. The number of carbonyl (C=O) groups is 2. The molecule has 0 saturated heterocycles. The number of anilines is 2. The van der Waals surface area contributed by atoms with Gasteiger partial charge in [-0.15, -0.1) is 0 Å². The van der Waals surface area contributed by atoms with E-state index in [-0.39, 0.29) is 33.5 Å². The summed E-state index contributed by atoms with van der Waals surface area (Å²) in [7, 11) is -4.10. The van der Waals surface area contributed by atoms with Crippen LogP contribution in [0.4, 0.5) is 11.4 Å². The van der Waals surface area contributed by atoms with Gasteiger partial charge in [0.2, 0.25) is 5.91 Å². The number of nitrogens with zero attached hydrogens (tertiary/aromatic N) is 1. The summed E-state index contributed by atoms with van der Waals surface area (Å²) in [6.07, 6.45) is 0. The number of halogens is 2. The fraction of sp³-hybridized carbons (Fsp3) is 0.167. The number of ether oxygens (including phenoxy) is 1. The van der Waals surface area contributed by atoms with Crippen LogP contribution in [0.25, 0.3) is 0 Å². The molecule has 0 fully saturated rings. The lowest BCUT2D eigenvalue weighted by atomic mass is 10.2. The smallest absolute Gasteiger partial charge is 0.339 e. The van der Waals surface area contributed by atoms with E-state index in [2.05, 4.69) is 5.32 Å². The molecule has 0 atom stereocenters. The maximum absolute atomic E-state index is 13.5. The number of sulfonamides is 1. The first kappa shape index (κ1) is 25.6. The van der Waals surface area contributed by atoms with Crippen molar-refractivity contribution < 1.29 is 22.7 Å². The number of carbonyl (C=O) groups excluding carboxylic acids is 2. The predicted octanol–water partition coefficient (Wildman–Crippen LogP) is 5.31. The van der Waals surface area contributed by atoms with Gasteiger partial charge < -0.3 is 10.1 Å². The lowest BCUT2D eigenvalue weighted by molar-refractivity contribution is -0.114. The Balaban J connectivity index is 1.95. The summed E-state index contributed by atoms with van der Waals surface area (Å²) < 4.78 is 32.9. The van der Waals surface area contributed by atoms with Crippen LogP contribution in [0.3, 0.4) is 0 Å². The van der Waals surface area contributed by atoms with Crippen molar-refractivity contribution in [2.75, 3.05) is 22.8 Å². The number of amides is 1. The van der Waals surface area contributed by atoms with Gasteiger partial charge in [-0.1, -0.05) is 47.5 Å². The second-order valence-corrected chi connectivity index (χ2v) is 9.92. The van der Waals surface area contributed by atoms with Gasteiger partial charge in [0.1, 0.15) is 6.54 Å². The van der Waals surface area contributed by atoms with Crippen molar-refractivity contribution in [2.24, 2.45) is 0 Å².